The summed E-state index contributed by atoms with van der Waals surface area (Å²) in [6.45, 7) is 9.01. The zero-order chi connectivity index (χ0) is 36.9. The van der Waals surface area contributed by atoms with Crippen LogP contribution in [-0.2, 0) is 28.0 Å². The highest BCUT2D eigenvalue weighted by Gasteiger charge is 2.56. The summed E-state index contributed by atoms with van der Waals surface area (Å²) in [5.41, 5.74) is 12.4. The van der Waals surface area contributed by atoms with Crippen LogP contribution in [0.15, 0.2) is 6.20 Å². The lowest BCUT2D eigenvalue weighted by atomic mass is 10.0. The molecule has 0 radical (unpaired) electrons. The van der Waals surface area contributed by atoms with Crippen molar-refractivity contribution in [1.29, 1.82) is 0 Å². The van der Waals surface area contributed by atoms with Crippen molar-refractivity contribution in [2.24, 2.45) is 5.73 Å². The van der Waals surface area contributed by atoms with E-state index in [1.807, 2.05) is 13.8 Å². The number of unbranched alkanes of at least 4 members (excludes halogenated alkanes) is 13. The normalized spacial score (nSPS) is 22.5. The molecule has 2 aromatic heterocycles. The molecule has 4 heterocycles. The second-order valence-electron chi connectivity index (χ2n) is 14.7. The highest BCUT2D eigenvalue weighted by atomic mass is 31.2. The van der Waals surface area contributed by atoms with E-state index in [1.54, 1.807) is 17.7 Å². The molecule has 5 N–H and O–H groups in total. The van der Waals surface area contributed by atoms with E-state index in [9.17, 15) is 14.3 Å². The van der Waals surface area contributed by atoms with Crippen LogP contribution in [0.25, 0.3) is 11.0 Å². The van der Waals surface area contributed by atoms with E-state index in [2.05, 4.69) is 16.9 Å². The first-order chi connectivity index (χ1) is 24.4. The molecular weight excluding hydrogens is 673 g/mol. The number of nitrogen functional groups attached to an aromatic ring is 1. The Morgan fingerprint density at radius 1 is 0.902 bits per heavy atom. The van der Waals surface area contributed by atoms with Crippen LogP contribution in [0.3, 0.4) is 0 Å². The van der Waals surface area contributed by atoms with E-state index in [0.29, 0.717) is 49.3 Å². The van der Waals surface area contributed by atoms with Crippen molar-refractivity contribution in [3.05, 3.63) is 17.6 Å². The number of aromatic nitrogens is 3. The van der Waals surface area contributed by atoms with Crippen molar-refractivity contribution in [3.8, 4) is 0 Å². The largest absolute Gasteiger partial charge is 0.383 e. The predicted molar refractivity (Wildman–Crippen MR) is 199 cm³/mol. The molecule has 0 saturated carbocycles. The van der Waals surface area contributed by atoms with E-state index < -0.39 is 43.8 Å². The molecule has 5 atom stereocenters. The van der Waals surface area contributed by atoms with E-state index in [4.69, 9.17) is 34.9 Å². The molecule has 2 aliphatic rings. The van der Waals surface area contributed by atoms with Crippen LogP contribution in [0.4, 0.5) is 5.82 Å². The topological polar surface area (TPSA) is 183 Å². The summed E-state index contributed by atoms with van der Waals surface area (Å²) in [7, 11) is -3.79. The average molecular weight is 738 g/mol. The van der Waals surface area contributed by atoms with Crippen molar-refractivity contribution in [2.45, 2.75) is 167 Å². The van der Waals surface area contributed by atoms with Gasteiger partial charge in [-0.25, -0.2) is 9.97 Å². The van der Waals surface area contributed by atoms with Crippen LogP contribution in [0, 0.1) is 6.92 Å². The second kappa shape index (κ2) is 20.4. The highest BCUT2D eigenvalue weighted by molar-refractivity contribution is 7.52. The van der Waals surface area contributed by atoms with Crippen LogP contribution in [0.5, 0.6) is 0 Å². The van der Waals surface area contributed by atoms with Gasteiger partial charge in [-0.3, -0.25) is 9.36 Å². The Balaban J connectivity index is 1.10. The van der Waals surface area contributed by atoms with E-state index >= 15 is 0 Å². The van der Waals surface area contributed by atoms with Crippen molar-refractivity contribution in [1.82, 2.24) is 14.5 Å². The number of anilines is 1. The zero-order valence-electron chi connectivity index (χ0n) is 31.5. The summed E-state index contributed by atoms with van der Waals surface area (Å²) in [6, 6.07) is 0. The number of rotatable bonds is 26. The highest BCUT2D eigenvalue weighted by Crippen LogP contribution is 2.47. The Bertz CT molecular complexity index is 1420. The Morgan fingerprint density at radius 3 is 2.12 bits per heavy atom. The lowest BCUT2D eigenvalue weighted by Gasteiger charge is -2.25. The standard InChI is InChI=1S/C37H64N5O8P/c1-5-6-7-8-9-10-11-12-13-14-15-16-17-18-22-46-23-20-24-47-51(44,45)25-19-21-29-31-32(50-37(3,4)49-31)36(48-29)42-26-28(34(39)43)30-33(38)40-27(2)41-35(30)42/h26,29,31-32,36H,5-25H2,1-4H3,(H2,39,43)(H,44,45)(H2,38,40,41)/t29-,31-,32-,36-/m1/s1. The van der Waals surface area contributed by atoms with Crippen molar-refractivity contribution in [2.75, 3.05) is 31.7 Å². The van der Waals surface area contributed by atoms with Crippen molar-refractivity contribution in [3.63, 3.8) is 0 Å². The third-order valence-corrected chi connectivity index (χ3v) is 11.2. The zero-order valence-corrected chi connectivity index (χ0v) is 32.4. The number of aryl methyl sites for hydroxylation is 1. The van der Waals surface area contributed by atoms with Gasteiger partial charge in [-0.1, -0.05) is 90.4 Å². The molecule has 14 heteroatoms. The molecule has 0 spiro atoms. The number of fused-ring (bicyclic) bond motifs is 2. The maximum absolute atomic E-state index is 12.8. The maximum atomic E-state index is 12.8. The van der Waals surface area contributed by atoms with Gasteiger partial charge in [0, 0.05) is 19.4 Å². The van der Waals surface area contributed by atoms with Gasteiger partial charge in [-0.15, -0.1) is 0 Å². The lowest BCUT2D eigenvalue weighted by molar-refractivity contribution is -0.196. The predicted octanol–water partition coefficient (Wildman–Crippen LogP) is 7.71. The van der Waals surface area contributed by atoms with Gasteiger partial charge in [0.1, 0.15) is 29.5 Å². The molecule has 0 aliphatic carbocycles. The van der Waals surface area contributed by atoms with Crippen LogP contribution in [0.1, 0.15) is 152 Å². The first-order valence-corrected chi connectivity index (χ1v) is 21.2. The first-order valence-electron chi connectivity index (χ1n) is 19.4. The summed E-state index contributed by atoms with van der Waals surface area (Å²) >= 11 is 0. The summed E-state index contributed by atoms with van der Waals surface area (Å²) in [5, 5.41) is 0.355. The Kier molecular flexibility index (Phi) is 16.6. The molecule has 290 valence electrons. The fourth-order valence-corrected chi connectivity index (χ4v) is 8.34. The molecule has 0 bridgehead atoms. The van der Waals surface area contributed by atoms with Gasteiger partial charge in [0.2, 0.25) is 0 Å². The van der Waals surface area contributed by atoms with Gasteiger partial charge < -0.3 is 44.4 Å². The van der Waals surface area contributed by atoms with Gasteiger partial charge >= 0.3 is 7.60 Å². The summed E-state index contributed by atoms with van der Waals surface area (Å²) in [4.78, 5) is 31.5. The Morgan fingerprint density at radius 2 is 1.49 bits per heavy atom. The number of carbonyl (C=O) groups excluding carboxylic acids is 1. The van der Waals surface area contributed by atoms with Crippen LogP contribution in [-0.4, -0.2) is 75.4 Å². The Labute approximate surface area is 304 Å². The number of hydrogen-bond acceptors (Lipinski definition) is 10. The summed E-state index contributed by atoms with van der Waals surface area (Å²) in [6.07, 6.45) is 19.3. The maximum Gasteiger partial charge on any atom is 0.328 e. The van der Waals surface area contributed by atoms with Crippen LogP contribution in [0.2, 0.25) is 0 Å². The minimum absolute atomic E-state index is 0.0136. The molecule has 2 aliphatic heterocycles. The average Bonchev–Trinajstić information content (AvgIpc) is 3.70. The molecular formula is C37H64N5O8P. The van der Waals surface area contributed by atoms with Gasteiger partial charge in [0.25, 0.3) is 5.91 Å². The molecule has 2 fully saturated rings. The number of hydrogen-bond donors (Lipinski definition) is 3. The molecule has 1 amide bonds. The minimum Gasteiger partial charge on any atom is -0.383 e. The van der Waals surface area contributed by atoms with Gasteiger partial charge in [0.15, 0.2) is 12.0 Å². The van der Waals surface area contributed by atoms with Crippen molar-refractivity contribution < 1.29 is 37.7 Å². The van der Waals surface area contributed by atoms with E-state index in [0.717, 1.165) is 6.42 Å². The number of nitrogens with two attached hydrogens (primary N) is 2. The second-order valence-corrected chi connectivity index (χ2v) is 16.7. The third-order valence-electron chi connectivity index (χ3n) is 9.77. The van der Waals surface area contributed by atoms with Crippen LogP contribution < -0.4 is 11.5 Å². The van der Waals surface area contributed by atoms with Crippen molar-refractivity contribution >= 4 is 30.4 Å². The number of amides is 1. The van der Waals surface area contributed by atoms with Gasteiger partial charge in [0.05, 0.1) is 29.8 Å². The van der Waals surface area contributed by atoms with Crippen LogP contribution >= 0.6 is 7.60 Å². The smallest absolute Gasteiger partial charge is 0.328 e. The Hall–Kier alpha value is -2.12. The molecule has 51 heavy (non-hydrogen) atoms. The monoisotopic (exact) mass is 737 g/mol. The third kappa shape index (κ3) is 12.8. The number of carbonyl (C=O) groups is 1. The molecule has 0 aromatic carbocycles. The number of ether oxygens (including phenoxy) is 4. The lowest BCUT2D eigenvalue weighted by Crippen LogP contribution is -2.29. The molecule has 2 aromatic rings. The fourth-order valence-electron chi connectivity index (χ4n) is 7.21. The first kappa shape index (κ1) is 41.6. The molecule has 1 unspecified atom stereocenters. The quantitative estimate of drug-likeness (QED) is 0.0635. The fraction of sp³-hybridized carbons (Fsp3) is 0.811. The molecule has 2 saturated heterocycles. The molecule has 13 nitrogen and oxygen atoms in total. The molecule has 4 rings (SSSR count). The van der Waals surface area contributed by atoms with Gasteiger partial charge in [-0.05, 0) is 46.5 Å². The SMILES string of the molecule is CCCCCCCCCCCCCCCCOCCCOP(=O)(O)CCC[C@H]1O[C@@H](n2cc(C(N)=O)c3c(N)nc(C)nc32)[C@@H]2OC(C)(C)O[C@@H]21. The number of nitrogens with zero attached hydrogens (tertiary/aromatic N) is 3. The summed E-state index contributed by atoms with van der Waals surface area (Å²) in [5.74, 6) is -0.960. The van der Waals surface area contributed by atoms with E-state index in [-0.39, 0.29) is 24.2 Å². The van der Waals surface area contributed by atoms with E-state index in [1.165, 1.54) is 83.5 Å². The van der Waals surface area contributed by atoms with Gasteiger partial charge in [-0.2, -0.15) is 0 Å². The minimum atomic E-state index is -3.79. The summed E-state index contributed by atoms with van der Waals surface area (Å²) < 4.78 is 44.5. The number of primary amides is 1.